The lowest BCUT2D eigenvalue weighted by Crippen LogP contribution is -2.31. The number of fused-ring (bicyclic) bond motifs is 1. The molecule has 1 aliphatic rings. The number of nitro groups is 1. The topological polar surface area (TPSA) is 140 Å². The van der Waals surface area contributed by atoms with E-state index in [-0.39, 0.29) is 27.7 Å². The molecule has 204 valence electrons. The van der Waals surface area contributed by atoms with Crippen molar-refractivity contribution in [1.82, 2.24) is 10.2 Å². The number of thioether (sulfide) groups is 1. The number of nitro benzene ring substituents is 1. The van der Waals surface area contributed by atoms with Gasteiger partial charge >= 0.3 is 0 Å². The number of aliphatic hydroxyl groups excluding tert-OH is 1. The normalized spacial score (nSPS) is 15.2. The summed E-state index contributed by atoms with van der Waals surface area (Å²) in [7, 11) is 0. The number of hydrogen-bond donors (Lipinski definition) is 1. The van der Waals surface area contributed by atoms with Gasteiger partial charge in [-0.1, -0.05) is 77.2 Å². The maximum Gasteiger partial charge on any atom is 0.296 e. The van der Waals surface area contributed by atoms with Crippen molar-refractivity contribution in [2.24, 2.45) is 0 Å². The molecule has 3 aromatic carbocycles. The third kappa shape index (κ3) is 5.08. The number of nitrogens with zero attached hydrogens (tertiary/aromatic N) is 4. The smallest absolute Gasteiger partial charge is 0.296 e. The largest absolute Gasteiger partial charge is 0.503 e. The van der Waals surface area contributed by atoms with Crippen LogP contribution >= 0.6 is 34.7 Å². The molecule has 6 rings (SSSR count). The predicted molar refractivity (Wildman–Crippen MR) is 154 cm³/mol. The van der Waals surface area contributed by atoms with Gasteiger partial charge in [0.2, 0.25) is 10.9 Å². The van der Waals surface area contributed by atoms with Gasteiger partial charge in [-0.25, -0.2) is 0 Å². The van der Waals surface area contributed by atoms with Crippen molar-refractivity contribution in [3.8, 4) is 0 Å². The fourth-order valence-corrected chi connectivity index (χ4v) is 6.42. The summed E-state index contributed by atoms with van der Waals surface area (Å²) in [5, 5.41) is 32.3. The summed E-state index contributed by atoms with van der Waals surface area (Å²) in [5.74, 6) is -1.93. The summed E-state index contributed by atoms with van der Waals surface area (Å²) in [6.07, 6.45) is 0. The van der Waals surface area contributed by atoms with Crippen LogP contribution in [0.15, 0.2) is 99.0 Å². The van der Waals surface area contributed by atoms with E-state index in [1.807, 2.05) is 12.1 Å². The predicted octanol–water partition coefficient (Wildman–Crippen LogP) is 6.92. The summed E-state index contributed by atoms with van der Waals surface area (Å²) < 4.78 is 6.27. The monoisotopic (exact) mass is 604 g/mol. The van der Waals surface area contributed by atoms with Crippen LogP contribution in [0.1, 0.15) is 27.7 Å². The number of benzene rings is 3. The molecule has 0 fully saturated rings. The second-order valence-electron chi connectivity index (χ2n) is 8.94. The Balaban J connectivity index is 1.38. The van der Waals surface area contributed by atoms with Crippen molar-refractivity contribution in [3.05, 3.63) is 122 Å². The van der Waals surface area contributed by atoms with E-state index < -0.39 is 28.4 Å². The quantitative estimate of drug-likeness (QED) is 0.0656. The van der Waals surface area contributed by atoms with E-state index in [1.165, 1.54) is 36.0 Å². The van der Waals surface area contributed by atoms with Crippen LogP contribution in [0.2, 0.25) is 5.02 Å². The van der Waals surface area contributed by atoms with E-state index in [0.29, 0.717) is 26.1 Å². The first-order valence-corrected chi connectivity index (χ1v) is 14.2. The van der Waals surface area contributed by atoms with Gasteiger partial charge in [-0.3, -0.25) is 24.6 Å². The highest BCUT2D eigenvalue weighted by Gasteiger charge is 2.47. The zero-order valence-electron chi connectivity index (χ0n) is 20.8. The van der Waals surface area contributed by atoms with E-state index in [0.717, 1.165) is 21.8 Å². The van der Waals surface area contributed by atoms with Crippen LogP contribution in [0.4, 0.5) is 10.8 Å². The van der Waals surface area contributed by atoms with Gasteiger partial charge in [-0.2, -0.15) is 0 Å². The molecule has 10 nitrogen and oxygen atoms in total. The molecule has 0 saturated heterocycles. The first-order valence-electron chi connectivity index (χ1n) is 12.0. The number of ketones is 1. The van der Waals surface area contributed by atoms with Crippen molar-refractivity contribution in [3.63, 3.8) is 0 Å². The Labute approximate surface area is 245 Å². The number of Topliss-reactive ketones (excluding diaryl/α,β-unsaturated/α-hetero) is 1. The highest BCUT2D eigenvalue weighted by atomic mass is 35.5. The number of aliphatic hydroxyl groups is 1. The summed E-state index contributed by atoms with van der Waals surface area (Å²) in [6, 6.07) is 20.2. The molecule has 41 heavy (non-hydrogen) atoms. The minimum Gasteiger partial charge on any atom is -0.503 e. The Hall–Kier alpha value is -4.52. The van der Waals surface area contributed by atoms with Gasteiger partial charge < -0.3 is 9.52 Å². The van der Waals surface area contributed by atoms with Gasteiger partial charge in [-0.05, 0) is 35.4 Å². The van der Waals surface area contributed by atoms with Crippen LogP contribution in [-0.4, -0.2) is 31.9 Å². The Morgan fingerprint density at radius 2 is 1.88 bits per heavy atom. The lowest BCUT2D eigenvalue weighted by molar-refractivity contribution is -0.384. The number of carbonyl (C=O) groups is 2. The van der Waals surface area contributed by atoms with Gasteiger partial charge in [0.05, 0.1) is 16.5 Å². The zero-order valence-corrected chi connectivity index (χ0v) is 23.2. The molecule has 1 aliphatic heterocycles. The Bertz CT molecular complexity index is 1830. The Morgan fingerprint density at radius 3 is 2.63 bits per heavy atom. The number of anilines is 1. The number of carbonyl (C=O) groups excluding carboxylic acids is 2. The molecule has 1 atom stereocenters. The molecule has 2 aromatic heterocycles. The van der Waals surface area contributed by atoms with Crippen molar-refractivity contribution in [2.45, 2.75) is 16.1 Å². The minimum absolute atomic E-state index is 0.0886. The number of amides is 1. The highest BCUT2D eigenvalue weighted by molar-refractivity contribution is 8.00. The van der Waals surface area contributed by atoms with E-state index in [4.69, 9.17) is 16.0 Å². The van der Waals surface area contributed by atoms with Gasteiger partial charge in [0.1, 0.15) is 5.58 Å². The average Bonchev–Trinajstić information content (AvgIpc) is 3.69. The standard InChI is InChI=1S/C28H17ClN4O6S2/c29-18-10-8-15(9-11-18)14-40-28-31-30-27(41-28)32-23(17-5-3-6-19(12-17)33(37)38)22(25(35)26(32)36)24(34)21-13-16-4-1-2-7-20(16)39-21/h1-13,23,35H,14H2. The maximum atomic E-state index is 13.8. The van der Waals surface area contributed by atoms with Crippen LogP contribution < -0.4 is 4.90 Å². The van der Waals surface area contributed by atoms with Crippen molar-refractivity contribution in [1.29, 1.82) is 0 Å². The summed E-state index contributed by atoms with van der Waals surface area (Å²) in [4.78, 5) is 39.3. The van der Waals surface area contributed by atoms with Crippen LogP contribution in [-0.2, 0) is 10.5 Å². The SMILES string of the molecule is O=C(C1=C(O)C(=O)N(c2nnc(SCc3ccc(Cl)cc3)s2)C1c1cccc([N+](=O)[O-])c1)c1cc2ccccc2o1. The molecular formula is C28H17ClN4O6S2. The Morgan fingerprint density at radius 1 is 1.10 bits per heavy atom. The number of non-ortho nitro benzene ring substituents is 1. The average molecular weight is 605 g/mol. The summed E-state index contributed by atoms with van der Waals surface area (Å²) >= 11 is 8.44. The third-order valence-electron chi connectivity index (χ3n) is 6.38. The fourth-order valence-electron chi connectivity index (χ4n) is 4.47. The molecule has 0 radical (unpaired) electrons. The summed E-state index contributed by atoms with van der Waals surface area (Å²) in [5.41, 5.74) is 1.17. The van der Waals surface area contributed by atoms with E-state index in [2.05, 4.69) is 10.2 Å². The van der Waals surface area contributed by atoms with E-state index >= 15 is 0 Å². The molecule has 0 aliphatic carbocycles. The molecular weight excluding hydrogens is 588 g/mol. The number of rotatable bonds is 8. The number of hydrogen-bond acceptors (Lipinski definition) is 10. The van der Waals surface area contributed by atoms with Gasteiger partial charge in [0, 0.05) is 28.3 Å². The molecule has 0 saturated carbocycles. The van der Waals surface area contributed by atoms with Crippen molar-refractivity contribution < 1.29 is 24.0 Å². The zero-order chi connectivity index (χ0) is 28.7. The molecule has 0 bridgehead atoms. The molecule has 13 heteroatoms. The van der Waals surface area contributed by atoms with Gasteiger partial charge in [0.15, 0.2) is 15.9 Å². The lowest BCUT2D eigenvalue weighted by Gasteiger charge is -2.23. The third-order valence-corrected chi connectivity index (χ3v) is 8.76. The van der Waals surface area contributed by atoms with Crippen LogP contribution in [0.25, 0.3) is 11.0 Å². The van der Waals surface area contributed by atoms with Crippen LogP contribution in [0, 0.1) is 10.1 Å². The Kier molecular flexibility index (Phi) is 7.03. The van der Waals surface area contributed by atoms with Crippen molar-refractivity contribution in [2.75, 3.05) is 4.90 Å². The first kappa shape index (κ1) is 26.7. The number of aromatic nitrogens is 2. The van der Waals surface area contributed by atoms with E-state index in [9.17, 15) is 24.8 Å². The van der Waals surface area contributed by atoms with Gasteiger partial charge in [0.25, 0.3) is 11.6 Å². The molecule has 0 spiro atoms. The van der Waals surface area contributed by atoms with Crippen LogP contribution in [0.3, 0.4) is 0 Å². The lowest BCUT2D eigenvalue weighted by atomic mass is 9.95. The number of para-hydroxylation sites is 1. The molecule has 1 N–H and O–H groups in total. The maximum absolute atomic E-state index is 13.8. The minimum atomic E-state index is -1.22. The molecule has 1 amide bonds. The first-order chi connectivity index (χ1) is 19.8. The molecule has 3 heterocycles. The number of halogens is 1. The van der Waals surface area contributed by atoms with Crippen LogP contribution in [0.5, 0.6) is 0 Å². The number of furan rings is 1. The molecule has 5 aromatic rings. The summed E-state index contributed by atoms with van der Waals surface area (Å²) in [6.45, 7) is 0. The second-order valence-corrected chi connectivity index (χ2v) is 11.6. The fraction of sp³-hybridized carbons (Fsp3) is 0.0714. The highest BCUT2D eigenvalue weighted by Crippen LogP contribution is 2.44. The van der Waals surface area contributed by atoms with Crippen molar-refractivity contribution >= 4 is 68.2 Å². The van der Waals surface area contributed by atoms with E-state index in [1.54, 1.807) is 42.5 Å². The molecule has 1 unspecified atom stereocenters. The van der Waals surface area contributed by atoms with Gasteiger partial charge in [-0.15, -0.1) is 10.2 Å². The second kappa shape index (κ2) is 10.8.